The van der Waals surface area contributed by atoms with E-state index in [0.717, 1.165) is 0 Å². The summed E-state index contributed by atoms with van der Waals surface area (Å²) in [5, 5.41) is 0. The summed E-state index contributed by atoms with van der Waals surface area (Å²) in [6, 6.07) is 9.01. The SMILES string of the molecule is CCCCCCCCCn1c(C)[n+](CCCCCCCCC)c2ccccc21.[Br-]. The Morgan fingerprint density at radius 1 is 0.690 bits per heavy atom. The number of nitrogens with zero attached hydrogens (tertiary/aromatic N) is 2. The highest BCUT2D eigenvalue weighted by atomic mass is 79.9. The van der Waals surface area contributed by atoms with Crippen LogP contribution < -0.4 is 21.5 Å². The molecule has 0 aliphatic heterocycles. The molecule has 0 spiro atoms. The average Bonchev–Trinajstić information content (AvgIpc) is 2.98. The van der Waals surface area contributed by atoms with Gasteiger partial charge in [0.1, 0.15) is 0 Å². The molecule has 3 heteroatoms. The van der Waals surface area contributed by atoms with E-state index in [1.54, 1.807) is 0 Å². The highest BCUT2D eigenvalue weighted by molar-refractivity contribution is 5.72. The van der Waals surface area contributed by atoms with Crippen molar-refractivity contribution in [2.24, 2.45) is 0 Å². The van der Waals surface area contributed by atoms with Crippen LogP contribution in [0.2, 0.25) is 0 Å². The predicted octanol–water partition coefficient (Wildman–Crippen LogP) is 4.74. The minimum absolute atomic E-state index is 0. The molecule has 0 N–H and O–H groups in total. The molecule has 0 amide bonds. The molecule has 0 saturated heterocycles. The first-order valence-corrected chi connectivity index (χ1v) is 12.3. The maximum Gasteiger partial charge on any atom is 0.254 e. The highest BCUT2D eigenvalue weighted by Gasteiger charge is 2.20. The topological polar surface area (TPSA) is 8.81 Å². The fourth-order valence-corrected chi connectivity index (χ4v) is 4.43. The van der Waals surface area contributed by atoms with Gasteiger partial charge in [-0.15, -0.1) is 0 Å². The van der Waals surface area contributed by atoms with Gasteiger partial charge in [0.15, 0.2) is 11.0 Å². The van der Waals surface area contributed by atoms with Crippen molar-refractivity contribution in [3.05, 3.63) is 30.1 Å². The van der Waals surface area contributed by atoms with Crippen molar-refractivity contribution >= 4 is 11.0 Å². The number of aryl methyl sites for hydroxylation is 2. The minimum Gasteiger partial charge on any atom is -1.00 e. The van der Waals surface area contributed by atoms with Gasteiger partial charge in [-0.2, -0.15) is 0 Å². The Morgan fingerprint density at radius 3 is 1.83 bits per heavy atom. The lowest BCUT2D eigenvalue weighted by molar-refractivity contribution is -0.678. The van der Waals surface area contributed by atoms with Crippen molar-refractivity contribution in [1.82, 2.24) is 4.57 Å². The number of halogens is 1. The monoisotopic (exact) mass is 464 g/mol. The molecule has 2 aromatic rings. The van der Waals surface area contributed by atoms with Crippen LogP contribution in [0.25, 0.3) is 11.0 Å². The quantitative estimate of drug-likeness (QED) is 0.250. The van der Waals surface area contributed by atoms with Crippen LogP contribution in [-0.2, 0) is 13.1 Å². The van der Waals surface area contributed by atoms with Crippen LogP contribution in [0.5, 0.6) is 0 Å². The fourth-order valence-electron chi connectivity index (χ4n) is 4.43. The van der Waals surface area contributed by atoms with Crippen molar-refractivity contribution in [2.45, 2.75) is 124 Å². The van der Waals surface area contributed by atoms with Gasteiger partial charge >= 0.3 is 0 Å². The third-order valence-electron chi connectivity index (χ3n) is 6.22. The molecular formula is C26H45BrN2. The number of fused-ring (bicyclic) bond motifs is 1. The number of aromatic nitrogens is 2. The van der Waals surface area contributed by atoms with Gasteiger partial charge in [0.05, 0.1) is 13.1 Å². The van der Waals surface area contributed by atoms with E-state index in [1.165, 1.54) is 120 Å². The number of unbranched alkanes of at least 4 members (excludes halogenated alkanes) is 12. The molecule has 0 aliphatic rings. The van der Waals surface area contributed by atoms with Crippen LogP contribution in [0.4, 0.5) is 0 Å². The van der Waals surface area contributed by atoms with E-state index in [-0.39, 0.29) is 17.0 Å². The average molecular weight is 466 g/mol. The lowest BCUT2D eigenvalue weighted by atomic mass is 10.1. The zero-order valence-corrected chi connectivity index (χ0v) is 21.0. The summed E-state index contributed by atoms with van der Waals surface area (Å²) in [6.45, 7) is 9.25. The van der Waals surface area contributed by atoms with E-state index in [1.807, 2.05) is 0 Å². The number of benzene rings is 1. The molecule has 0 atom stereocenters. The molecule has 29 heavy (non-hydrogen) atoms. The molecule has 0 radical (unpaired) electrons. The zero-order chi connectivity index (χ0) is 20.0. The third kappa shape index (κ3) is 8.82. The number of rotatable bonds is 16. The largest absolute Gasteiger partial charge is 1.00 e. The minimum atomic E-state index is 0. The van der Waals surface area contributed by atoms with Crippen molar-refractivity contribution in [2.75, 3.05) is 0 Å². The Labute approximate surface area is 190 Å². The van der Waals surface area contributed by atoms with Gasteiger partial charge in [-0.1, -0.05) is 90.2 Å². The summed E-state index contributed by atoms with van der Waals surface area (Å²) in [4.78, 5) is 0. The van der Waals surface area contributed by atoms with Crippen LogP contribution in [-0.4, -0.2) is 4.57 Å². The highest BCUT2D eigenvalue weighted by Crippen LogP contribution is 2.17. The summed E-state index contributed by atoms with van der Waals surface area (Å²) in [5.74, 6) is 1.44. The van der Waals surface area contributed by atoms with E-state index >= 15 is 0 Å². The predicted molar refractivity (Wildman–Crippen MR) is 123 cm³/mol. The Hall–Kier alpha value is -0.830. The van der Waals surface area contributed by atoms with Gasteiger partial charge in [-0.25, -0.2) is 9.13 Å². The normalized spacial score (nSPS) is 11.1. The summed E-state index contributed by atoms with van der Waals surface area (Å²) >= 11 is 0. The van der Waals surface area contributed by atoms with E-state index in [4.69, 9.17) is 0 Å². The van der Waals surface area contributed by atoms with E-state index in [2.05, 4.69) is 54.2 Å². The standard InChI is InChI=1S/C26H45N2.BrH/c1-4-6-8-10-12-14-18-22-27-24(3)28(26-21-17-16-20-25(26)27)23-19-15-13-11-9-7-5-2;/h16-17,20-21H,4-15,18-19,22-23H2,1-3H3;1H/q+1;/p-1. The zero-order valence-electron chi connectivity index (χ0n) is 19.4. The summed E-state index contributed by atoms with van der Waals surface area (Å²) in [5.41, 5.74) is 2.85. The molecule has 166 valence electrons. The van der Waals surface area contributed by atoms with Crippen molar-refractivity contribution in [3.63, 3.8) is 0 Å². The molecule has 2 rings (SSSR count). The van der Waals surface area contributed by atoms with Crippen LogP contribution in [0.3, 0.4) is 0 Å². The summed E-state index contributed by atoms with van der Waals surface area (Å²) < 4.78 is 5.14. The molecule has 0 saturated carbocycles. The van der Waals surface area contributed by atoms with Crippen molar-refractivity contribution < 1.29 is 21.5 Å². The van der Waals surface area contributed by atoms with Gasteiger partial charge in [0.2, 0.25) is 0 Å². The van der Waals surface area contributed by atoms with Gasteiger partial charge in [-0.05, 0) is 37.8 Å². The van der Waals surface area contributed by atoms with E-state index in [0.29, 0.717) is 0 Å². The van der Waals surface area contributed by atoms with Crippen LogP contribution in [0.1, 0.15) is 110 Å². The van der Waals surface area contributed by atoms with Gasteiger partial charge in [0.25, 0.3) is 5.82 Å². The third-order valence-corrected chi connectivity index (χ3v) is 6.22. The summed E-state index contributed by atoms with van der Waals surface area (Å²) in [6.07, 6.45) is 19.3. The van der Waals surface area contributed by atoms with E-state index in [9.17, 15) is 0 Å². The van der Waals surface area contributed by atoms with Crippen molar-refractivity contribution in [1.29, 1.82) is 0 Å². The first-order chi connectivity index (χ1) is 13.8. The van der Waals surface area contributed by atoms with E-state index < -0.39 is 0 Å². The maximum absolute atomic E-state index is 2.57. The second-order valence-corrected chi connectivity index (χ2v) is 8.58. The molecule has 1 aromatic heterocycles. The molecule has 2 nitrogen and oxygen atoms in total. The van der Waals surface area contributed by atoms with Crippen molar-refractivity contribution in [3.8, 4) is 0 Å². The second-order valence-electron chi connectivity index (χ2n) is 8.58. The maximum atomic E-state index is 2.57. The molecular weight excluding hydrogens is 420 g/mol. The number of hydrogen-bond donors (Lipinski definition) is 0. The molecule has 1 heterocycles. The van der Waals surface area contributed by atoms with Gasteiger partial charge in [0, 0.05) is 6.92 Å². The Bertz CT molecular complexity index is 607. The number of imidazole rings is 1. The van der Waals surface area contributed by atoms with Crippen LogP contribution in [0.15, 0.2) is 24.3 Å². The molecule has 1 aromatic carbocycles. The summed E-state index contributed by atoms with van der Waals surface area (Å²) in [7, 11) is 0. The second kappa shape index (κ2) is 15.9. The van der Waals surface area contributed by atoms with Gasteiger partial charge < -0.3 is 17.0 Å². The molecule has 0 fully saturated rings. The smallest absolute Gasteiger partial charge is 0.254 e. The lowest BCUT2D eigenvalue weighted by Crippen LogP contribution is -3.00. The Balaban J connectivity index is 0.00000420. The lowest BCUT2D eigenvalue weighted by Gasteiger charge is -2.03. The number of hydrogen-bond acceptors (Lipinski definition) is 0. The Morgan fingerprint density at radius 2 is 1.21 bits per heavy atom. The van der Waals surface area contributed by atoms with Crippen LogP contribution in [0, 0.1) is 6.92 Å². The molecule has 0 unspecified atom stereocenters. The fraction of sp³-hybridized carbons (Fsp3) is 0.731. The Kier molecular flexibility index (Phi) is 14.4. The molecule has 0 aliphatic carbocycles. The van der Waals surface area contributed by atoms with Crippen LogP contribution >= 0.6 is 0 Å². The van der Waals surface area contributed by atoms with Gasteiger partial charge in [-0.3, -0.25) is 0 Å². The molecule has 0 bridgehead atoms. The number of para-hydroxylation sites is 2. The first kappa shape index (κ1) is 26.2. The first-order valence-electron chi connectivity index (χ1n) is 12.3.